The van der Waals surface area contributed by atoms with E-state index in [9.17, 15) is 4.79 Å². The van der Waals surface area contributed by atoms with Gasteiger partial charge in [-0.3, -0.25) is 4.79 Å². The van der Waals surface area contributed by atoms with Crippen LogP contribution in [0.3, 0.4) is 0 Å². The molecule has 0 aromatic carbocycles. The van der Waals surface area contributed by atoms with Crippen LogP contribution in [0, 0.1) is 28.6 Å². The Hall–Kier alpha value is -0.570. The molecule has 2 saturated heterocycles. The Labute approximate surface area is 140 Å². The lowest BCUT2D eigenvalue weighted by atomic mass is 9.49. The molecule has 6 fully saturated rings. The molecule has 2 heterocycles. The van der Waals surface area contributed by atoms with E-state index in [0.29, 0.717) is 16.7 Å². The van der Waals surface area contributed by atoms with Crippen molar-refractivity contribution in [2.75, 3.05) is 26.2 Å². The van der Waals surface area contributed by atoms with Gasteiger partial charge in [0.25, 0.3) is 0 Å². The fourth-order valence-corrected chi connectivity index (χ4v) is 7.45. The first kappa shape index (κ1) is 14.7. The van der Waals surface area contributed by atoms with Crippen LogP contribution in [-0.2, 0) is 4.79 Å². The molecule has 4 saturated carbocycles. The first-order valence-electron chi connectivity index (χ1n) is 10.1. The Bertz CT molecular complexity index is 459. The van der Waals surface area contributed by atoms with Gasteiger partial charge in [-0.15, -0.1) is 0 Å². The second kappa shape index (κ2) is 5.21. The van der Waals surface area contributed by atoms with Crippen LogP contribution in [-0.4, -0.2) is 37.0 Å². The molecule has 0 aromatic rings. The van der Waals surface area contributed by atoms with E-state index in [1.807, 2.05) is 0 Å². The standard InChI is InChI=1S/C20H32N2O/c23-18(22-6-3-19(14-22)1-4-21-5-2-19)13-20-10-15-7-16(11-20)9-17(8-15)12-20/h15-17,21H,1-14H2. The van der Waals surface area contributed by atoms with Crippen LogP contribution < -0.4 is 5.32 Å². The minimum Gasteiger partial charge on any atom is -0.342 e. The van der Waals surface area contributed by atoms with Gasteiger partial charge in [0, 0.05) is 19.5 Å². The van der Waals surface area contributed by atoms with Crippen molar-refractivity contribution in [3.8, 4) is 0 Å². The predicted molar refractivity (Wildman–Crippen MR) is 91.0 cm³/mol. The number of amides is 1. The highest BCUT2D eigenvalue weighted by Crippen LogP contribution is 2.61. The van der Waals surface area contributed by atoms with Crippen LogP contribution in [0.4, 0.5) is 0 Å². The topological polar surface area (TPSA) is 32.3 Å². The van der Waals surface area contributed by atoms with E-state index < -0.39 is 0 Å². The van der Waals surface area contributed by atoms with Gasteiger partial charge < -0.3 is 10.2 Å². The third-order valence-corrected chi connectivity index (χ3v) is 8.15. The van der Waals surface area contributed by atoms with Crippen LogP contribution in [0.2, 0.25) is 0 Å². The summed E-state index contributed by atoms with van der Waals surface area (Å²) in [6.07, 6.45) is 13.2. The van der Waals surface area contributed by atoms with E-state index in [1.54, 1.807) is 0 Å². The highest BCUT2D eigenvalue weighted by Gasteiger charge is 2.52. The van der Waals surface area contributed by atoms with Crippen LogP contribution >= 0.6 is 0 Å². The number of nitrogens with one attached hydrogen (secondary N) is 1. The van der Waals surface area contributed by atoms with Crippen LogP contribution in [0.5, 0.6) is 0 Å². The number of hydrogen-bond acceptors (Lipinski definition) is 2. The van der Waals surface area contributed by atoms with E-state index in [0.717, 1.165) is 50.4 Å². The maximum Gasteiger partial charge on any atom is 0.223 e. The normalized spacial score (nSPS) is 44.2. The molecule has 4 aliphatic carbocycles. The molecule has 0 aromatic heterocycles. The zero-order valence-electron chi connectivity index (χ0n) is 14.5. The van der Waals surface area contributed by atoms with Crippen molar-refractivity contribution < 1.29 is 4.79 Å². The quantitative estimate of drug-likeness (QED) is 0.848. The summed E-state index contributed by atoms with van der Waals surface area (Å²) in [5, 5.41) is 3.48. The van der Waals surface area contributed by atoms with E-state index in [2.05, 4.69) is 10.2 Å². The van der Waals surface area contributed by atoms with E-state index in [-0.39, 0.29) is 0 Å². The highest BCUT2D eigenvalue weighted by atomic mass is 16.2. The largest absolute Gasteiger partial charge is 0.342 e. The molecule has 0 unspecified atom stereocenters. The van der Waals surface area contributed by atoms with Crippen molar-refractivity contribution in [1.82, 2.24) is 10.2 Å². The maximum atomic E-state index is 13.1. The van der Waals surface area contributed by atoms with Gasteiger partial charge in [0.1, 0.15) is 0 Å². The summed E-state index contributed by atoms with van der Waals surface area (Å²) in [5.41, 5.74) is 0.873. The summed E-state index contributed by atoms with van der Waals surface area (Å²) in [4.78, 5) is 15.3. The minimum atomic E-state index is 0.412. The summed E-state index contributed by atoms with van der Waals surface area (Å²) in [6, 6.07) is 0. The molecule has 4 bridgehead atoms. The molecule has 1 amide bonds. The van der Waals surface area contributed by atoms with Gasteiger partial charge in [-0.2, -0.15) is 0 Å². The van der Waals surface area contributed by atoms with Gasteiger partial charge in [-0.1, -0.05) is 0 Å². The number of rotatable bonds is 2. The number of carbonyl (C=O) groups is 1. The monoisotopic (exact) mass is 316 g/mol. The molecular weight excluding hydrogens is 284 g/mol. The SMILES string of the molecule is O=C(CC12CC3CC(CC(C3)C1)C2)N1CCC2(CCNCC2)C1. The van der Waals surface area contributed by atoms with Gasteiger partial charge >= 0.3 is 0 Å². The summed E-state index contributed by atoms with van der Waals surface area (Å²) >= 11 is 0. The Morgan fingerprint density at radius 2 is 1.57 bits per heavy atom. The summed E-state index contributed by atoms with van der Waals surface area (Å²) < 4.78 is 0. The van der Waals surface area contributed by atoms with Crippen LogP contribution in [0.15, 0.2) is 0 Å². The number of nitrogens with zero attached hydrogens (tertiary/aromatic N) is 1. The van der Waals surface area contributed by atoms with Gasteiger partial charge in [-0.25, -0.2) is 0 Å². The molecule has 6 aliphatic rings. The molecule has 0 radical (unpaired) electrons. The first-order chi connectivity index (χ1) is 11.1. The summed E-state index contributed by atoms with van der Waals surface area (Å²) in [6.45, 7) is 4.39. The zero-order chi connectivity index (χ0) is 15.5. The Morgan fingerprint density at radius 1 is 0.957 bits per heavy atom. The Balaban J connectivity index is 1.25. The highest BCUT2D eigenvalue weighted by molar-refractivity contribution is 5.77. The number of piperidine rings is 1. The smallest absolute Gasteiger partial charge is 0.223 e. The summed E-state index contributed by atoms with van der Waals surface area (Å²) in [5.74, 6) is 3.39. The van der Waals surface area contributed by atoms with Crippen molar-refractivity contribution in [2.45, 2.75) is 64.2 Å². The predicted octanol–water partition coefficient (Wildman–Crippen LogP) is 3.20. The fourth-order valence-electron chi connectivity index (χ4n) is 7.45. The molecule has 23 heavy (non-hydrogen) atoms. The lowest BCUT2D eigenvalue weighted by Crippen LogP contribution is -2.48. The number of hydrogen-bond donors (Lipinski definition) is 1. The van der Waals surface area contributed by atoms with Gasteiger partial charge in [-0.05, 0) is 99.5 Å². The number of likely N-dealkylation sites (tertiary alicyclic amines) is 1. The molecule has 0 atom stereocenters. The molecule has 3 heteroatoms. The van der Waals surface area contributed by atoms with Gasteiger partial charge in [0.05, 0.1) is 0 Å². The van der Waals surface area contributed by atoms with E-state index in [1.165, 1.54) is 57.8 Å². The minimum absolute atomic E-state index is 0.412. The Morgan fingerprint density at radius 3 is 2.17 bits per heavy atom. The molecular formula is C20H32N2O. The first-order valence-corrected chi connectivity index (χ1v) is 10.1. The molecule has 2 aliphatic heterocycles. The third kappa shape index (κ3) is 2.54. The van der Waals surface area contributed by atoms with Gasteiger partial charge in [0.2, 0.25) is 5.91 Å². The van der Waals surface area contributed by atoms with Crippen molar-refractivity contribution in [3.05, 3.63) is 0 Å². The van der Waals surface area contributed by atoms with E-state index in [4.69, 9.17) is 0 Å². The van der Waals surface area contributed by atoms with Gasteiger partial charge in [0.15, 0.2) is 0 Å². The molecule has 3 nitrogen and oxygen atoms in total. The van der Waals surface area contributed by atoms with Crippen molar-refractivity contribution >= 4 is 5.91 Å². The lowest BCUT2D eigenvalue weighted by Gasteiger charge is -2.57. The summed E-state index contributed by atoms with van der Waals surface area (Å²) in [7, 11) is 0. The molecule has 1 N–H and O–H groups in total. The average molecular weight is 316 g/mol. The third-order valence-electron chi connectivity index (χ3n) is 8.15. The second-order valence-corrected chi connectivity index (χ2v) is 9.91. The van der Waals surface area contributed by atoms with Crippen LogP contribution in [0.25, 0.3) is 0 Å². The number of carbonyl (C=O) groups excluding carboxylic acids is 1. The molecule has 128 valence electrons. The molecule has 1 spiro atoms. The Kier molecular flexibility index (Phi) is 3.34. The molecule has 6 rings (SSSR count). The zero-order valence-corrected chi connectivity index (χ0v) is 14.5. The average Bonchev–Trinajstić information content (AvgIpc) is 2.90. The maximum absolute atomic E-state index is 13.1. The lowest BCUT2D eigenvalue weighted by molar-refractivity contribution is -0.139. The van der Waals surface area contributed by atoms with Crippen molar-refractivity contribution in [1.29, 1.82) is 0 Å². The fraction of sp³-hybridized carbons (Fsp3) is 0.950. The van der Waals surface area contributed by atoms with Crippen molar-refractivity contribution in [3.63, 3.8) is 0 Å². The second-order valence-electron chi connectivity index (χ2n) is 9.91. The van der Waals surface area contributed by atoms with Crippen LogP contribution in [0.1, 0.15) is 64.2 Å². The van der Waals surface area contributed by atoms with E-state index >= 15 is 0 Å². The van der Waals surface area contributed by atoms with Crippen molar-refractivity contribution in [2.24, 2.45) is 28.6 Å².